The number of hydrogen-bond acceptors (Lipinski definition) is 3. The maximum Gasteiger partial charge on any atom is 0 e. The molecule has 0 amide bonds. The molecule has 0 heterocycles. The zero-order valence-electron chi connectivity index (χ0n) is 3.98. The van der Waals surface area contributed by atoms with Crippen molar-refractivity contribution in [3.8, 4) is 0 Å². The first-order chi connectivity index (χ1) is 3.31. The third kappa shape index (κ3) is 6.91. The van der Waals surface area contributed by atoms with Crippen molar-refractivity contribution in [2.75, 3.05) is 13.2 Å². The van der Waals surface area contributed by atoms with Crippen LogP contribution in [0.5, 0.6) is 0 Å². The van der Waals surface area contributed by atoms with E-state index in [2.05, 4.69) is 19.9 Å². The van der Waals surface area contributed by atoms with Crippen molar-refractivity contribution >= 4 is 0 Å². The molecule has 2 N–H and O–H groups in total. The molecule has 0 spiro atoms. The molecule has 0 saturated carbocycles. The first kappa shape index (κ1) is 11.7. The molecule has 0 aliphatic heterocycles. The standard InChI is InChI=1S/C3H7O3.Co.Fe/c4-1-3(6)2-5;;/h3-4,6H,1-2H2;;/q-1;+1;. The van der Waals surface area contributed by atoms with Crippen molar-refractivity contribution in [3.63, 3.8) is 0 Å². The maximum atomic E-state index is 8.43. The van der Waals surface area contributed by atoms with Gasteiger partial charge in [0.25, 0.3) is 0 Å². The topological polar surface area (TPSA) is 49.7 Å². The Morgan fingerprint density at radius 3 is 2.25 bits per heavy atom. The molecule has 0 radical (unpaired) electrons. The van der Waals surface area contributed by atoms with E-state index in [1.54, 1.807) is 0 Å². The molecule has 0 fully saturated rings. The summed E-state index contributed by atoms with van der Waals surface area (Å²) in [4.78, 5) is 0. The third-order valence-electron chi connectivity index (χ3n) is 0.459. The normalized spacial score (nSPS) is 12.5. The number of rotatable bonds is 3. The Balaban J connectivity index is 0. The van der Waals surface area contributed by atoms with E-state index in [-0.39, 0.29) is 30.3 Å². The van der Waals surface area contributed by atoms with E-state index in [9.17, 15) is 0 Å². The summed E-state index contributed by atoms with van der Waals surface area (Å²) in [6.45, 7) is -0.212. The van der Waals surface area contributed by atoms with Crippen LogP contribution < -0.4 is 0 Å². The molecule has 3 nitrogen and oxygen atoms in total. The van der Waals surface area contributed by atoms with Gasteiger partial charge in [0.15, 0.2) is 0 Å². The second kappa shape index (κ2) is 7.91. The van der Waals surface area contributed by atoms with E-state index < -0.39 is 6.10 Å². The molecule has 0 aliphatic rings. The second-order valence-corrected chi connectivity index (χ2v) is 1.40. The van der Waals surface area contributed by atoms with Crippen molar-refractivity contribution in [1.82, 2.24) is 0 Å². The zero-order chi connectivity index (χ0) is 5.70. The van der Waals surface area contributed by atoms with Crippen LogP contribution in [0, 0.1) is 0 Å². The van der Waals surface area contributed by atoms with E-state index in [0.29, 0.717) is 0 Å². The van der Waals surface area contributed by atoms with Gasteiger partial charge < -0.3 is 0 Å². The summed E-state index contributed by atoms with van der Waals surface area (Å²) < 4.78 is 4.17. The molecule has 0 aromatic carbocycles. The van der Waals surface area contributed by atoms with Crippen LogP contribution in [0.3, 0.4) is 0 Å². The van der Waals surface area contributed by atoms with Gasteiger partial charge in [-0.1, -0.05) is 0 Å². The predicted molar refractivity (Wildman–Crippen MR) is 19.0 cm³/mol. The minimum absolute atomic E-state index is 0. The van der Waals surface area contributed by atoms with Crippen LogP contribution in [-0.2, 0) is 37.0 Å². The summed E-state index contributed by atoms with van der Waals surface area (Å²) in [6, 6.07) is 0. The van der Waals surface area contributed by atoms with Gasteiger partial charge in [0.2, 0.25) is 0 Å². The first-order valence-electron chi connectivity index (χ1n) is 1.82. The zero-order valence-corrected chi connectivity index (χ0v) is 6.13. The largest absolute Gasteiger partial charge is 0 e. The fraction of sp³-hybridized carbons (Fsp3) is 1.00. The monoisotopic (exact) mass is 206 g/mol. The summed E-state index contributed by atoms with van der Waals surface area (Å²) >= 11 is 3.39. The average molecular weight is 206 g/mol. The number of aliphatic hydroxyl groups excluding tert-OH is 2. The maximum absolute atomic E-state index is 8.43. The minimum Gasteiger partial charge on any atom is 0 e. The quantitative estimate of drug-likeness (QED) is 0.571. The molecule has 0 aromatic rings. The molecule has 8 heavy (non-hydrogen) atoms. The Morgan fingerprint density at radius 2 is 2.12 bits per heavy atom. The van der Waals surface area contributed by atoms with Gasteiger partial charge in [0.05, 0.1) is 0 Å². The number of hydrogen-bond donors (Lipinski definition) is 2. The molecule has 0 aliphatic carbocycles. The summed E-state index contributed by atoms with van der Waals surface area (Å²) in [5, 5.41) is 16.5. The molecule has 5 heteroatoms. The molecular formula is C3H7CoFeO3. The molecule has 0 rings (SSSR count). The van der Waals surface area contributed by atoms with E-state index in [1.807, 2.05) is 0 Å². The predicted octanol–water partition coefficient (Wildman–Crippen LogP) is -1.18. The summed E-state index contributed by atoms with van der Waals surface area (Å²) in [5.74, 6) is 0. The van der Waals surface area contributed by atoms with Gasteiger partial charge in [0.1, 0.15) is 0 Å². The summed E-state index contributed by atoms with van der Waals surface area (Å²) in [5.41, 5.74) is 0. The summed E-state index contributed by atoms with van der Waals surface area (Å²) in [7, 11) is 0. The molecule has 1 unspecified atom stereocenters. The molecule has 0 aromatic heterocycles. The van der Waals surface area contributed by atoms with Crippen LogP contribution in [0.15, 0.2) is 0 Å². The number of aliphatic hydroxyl groups is 2. The Kier molecular flexibility index (Phi) is 11.5. The van der Waals surface area contributed by atoms with Crippen molar-refractivity contribution in [3.05, 3.63) is 0 Å². The van der Waals surface area contributed by atoms with Crippen molar-refractivity contribution < 1.29 is 47.2 Å². The van der Waals surface area contributed by atoms with Crippen LogP contribution in [0.4, 0.5) is 0 Å². The van der Waals surface area contributed by atoms with E-state index in [4.69, 9.17) is 10.2 Å². The van der Waals surface area contributed by atoms with Gasteiger partial charge in [-0.3, -0.25) is 0 Å². The van der Waals surface area contributed by atoms with Crippen LogP contribution in [0.25, 0.3) is 0 Å². The molecule has 0 saturated heterocycles. The Morgan fingerprint density at radius 1 is 1.62 bits per heavy atom. The fourth-order valence-electron chi connectivity index (χ4n) is 0.117. The van der Waals surface area contributed by atoms with Crippen LogP contribution in [0.1, 0.15) is 0 Å². The second-order valence-electron chi connectivity index (χ2n) is 1.10. The van der Waals surface area contributed by atoms with Gasteiger partial charge in [-0.25, -0.2) is 0 Å². The van der Waals surface area contributed by atoms with E-state index >= 15 is 0 Å². The molecule has 54 valence electrons. The SMILES string of the molecule is OCC(O)C[O][Co].[Fe]. The Labute approximate surface area is 66.8 Å². The van der Waals surface area contributed by atoms with E-state index in [1.165, 1.54) is 0 Å². The van der Waals surface area contributed by atoms with Crippen LogP contribution in [-0.4, -0.2) is 29.5 Å². The Hall–Kier alpha value is 0.906. The minimum atomic E-state index is -0.796. The summed E-state index contributed by atoms with van der Waals surface area (Å²) in [6.07, 6.45) is -0.796. The average Bonchev–Trinajstić information content (AvgIpc) is 1.68. The van der Waals surface area contributed by atoms with Crippen molar-refractivity contribution in [2.45, 2.75) is 6.10 Å². The molecular weight excluding hydrogens is 199 g/mol. The van der Waals surface area contributed by atoms with Gasteiger partial charge in [-0.05, 0) is 0 Å². The van der Waals surface area contributed by atoms with Crippen LogP contribution in [0.2, 0.25) is 0 Å². The third-order valence-corrected chi connectivity index (χ3v) is 0.632. The van der Waals surface area contributed by atoms with Gasteiger partial charge >= 0.3 is 49.4 Å². The van der Waals surface area contributed by atoms with Crippen molar-refractivity contribution in [1.29, 1.82) is 0 Å². The van der Waals surface area contributed by atoms with E-state index in [0.717, 1.165) is 0 Å². The first-order valence-corrected chi connectivity index (χ1v) is 2.24. The smallest absolute Gasteiger partial charge is 0 e. The van der Waals surface area contributed by atoms with Crippen LogP contribution >= 0.6 is 0 Å². The Bertz CT molecular complexity index is 45.5. The molecule has 1 atom stereocenters. The van der Waals surface area contributed by atoms with Gasteiger partial charge in [-0.2, -0.15) is 0 Å². The van der Waals surface area contributed by atoms with Crippen molar-refractivity contribution in [2.24, 2.45) is 0 Å². The fourth-order valence-corrected chi connectivity index (χ4v) is 0.317. The van der Waals surface area contributed by atoms with Gasteiger partial charge in [0, 0.05) is 17.1 Å². The molecule has 0 bridgehead atoms. The van der Waals surface area contributed by atoms with Gasteiger partial charge in [-0.15, -0.1) is 0 Å².